The second kappa shape index (κ2) is 5.76. The van der Waals surface area contributed by atoms with Crippen molar-refractivity contribution in [3.05, 3.63) is 52.7 Å². The molecular formula is C16H13ClO4. The van der Waals surface area contributed by atoms with E-state index in [1.54, 1.807) is 36.4 Å². The molecule has 3 aromatic rings. The number of halogens is 1. The monoisotopic (exact) mass is 304 g/mol. The Morgan fingerprint density at radius 3 is 2.71 bits per heavy atom. The highest BCUT2D eigenvalue weighted by atomic mass is 35.5. The first-order valence-electron chi connectivity index (χ1n) is 6.51. The summed E-state index contributed by atoms with van der Waals surface area (Å²) in [4.78, 5) is 12.4. The molecule has 108 valence electrons. The largest absolute Gasteiger partial charge is 0.491 e. The lowest BCUT2D eigenvalue weighted by Crippen LogP contribution is -2.18. The lowest BCUT2D eigenvalue weighted by Gasteiger charge is -2.10. The van der Waals surface area contributed by atoms with E-state index in [4.69, 9.17) is 20.8 Å². The van der Waals surface area contributed by atoms with E-state index in [0.717, 1.165) is 0 Å². The van der Waals surface area contributed by atoms with Gasteiger partial charge in [0.2, 0.25) is 5.43 Å². The van der Waals surface area contributed by atoms with Crippen LogP contribution in [0, 0.1) is 0 Å². The molecule has 1 unspecified atom stereocenters. The van der Waals surface area contributed by atoms with Crippen molar-refractivity contribution in [2.45, 2.75) is 6.10 Å². The van der Waals surface area contributed by atoms with Crippen LogP contribution < -0.4 is 10.2 Å². The van der Waals surface area contributed by atoms with Crippen LogP contribution in [0.2, 0.25) is 0 Å². The predicted octanol–water partition coefficient (Wildman–Crippen LogP) is 2.92. The molecule has 0 saturated heterocycles. The minimum atomic E-state index is -0.740. The third-order valence-electron chi connectivity index (χ3n) is 3.17. The smallest absolute Gasteiger partial charge is 0.200 e. The van der Waals surface area contributed by atoms with Gasteiger partial charge in [-0.2, -0.15) is 0 Å². The first-order chi connectivity index (χ1) is 10.2. The summed E-state index contributed by atoms with van der Waals surface area (Å²) in [5, 5.41) is 10.4. The SMILES string of the molecule is O=c1c2ccccc2oc2ccc(OCC(O)CCl)cc12. The molecule has 2 aromatic carbocycles. The van der Waals surface area contributed by atoms with Crippen molar-refractivity contribution >= 4 is 33.5 Å². The van der Waals surface area contributed by atoms with Gasteiger partial charge in [-0.1, -0.05) is 12.1 Å². The Hall–Kier alpha value is -2.04. The van der Waals surface area contributed by atoms with E-state index < -0.39 is 6.10 Å². The molecule has 0 saturated carbocycles. The molecule has 5 heteroatoms. The third-order valence-corrected chi connectivity index (χ3v) is 3.52. The fourth-order valence-corrected chi connectivity index (χ4v) is 2.20. The van der Waals surface area contributed by atoms with Crippen LogP contribution in [0.15, 0.2) is 51.7 Å². The molecule has 0 radical (unpaired) electrons. The summed E-state index contributed by atoms with van der Waals surface area (Å²) in [6.45, 7) is 0.0773. The van der Waals surface area contributed by atoms with E-state index in [0.29, 0.717) is 27.7 Å². The minimum Gasteiger partial charge on any atom is -0.491 e. The maximum atomic E-state index is 12.4. The van der Waals surface area contributed by atoms with Crippen molar-refractivity contribution in [1.29, 1.82) is 0 Å². The Balaban J connectivity index is 2.06. The van der Waals surface area contributed by atoms with Gasteiger partial charge in [-0.05, 0) is 30.3 Å². The molecule has 21 heavy (non-hydrogen) atoms. The van der Waals surface area contributed by atoms with Crippen LogP contribution in [-0.4, -0.2) is 23.7 Å². The summed E-state index contributed by atoms with van der Waals surface area (Å²) in [5.41, 5.74) is 0.959. The standard InChI is InChI=1S/C16H13ClO4/c17-8-10(18)9-20-11-5-6-15-13(7-11)16(19)12-3-1-2-4-14(12)21-15/h1-7,10,18H,8-9H2. The highest BCUT2D eigenvalue weighted by Gasteiger charge is 2.09. The fraction of sp³-hybridized carbons (Fsp3) is 0.188. The van der Waals surface area contributed by atoms with Crippen LogP contribution in [0.4, 0.5) is 0 Å². The third kappa shape index (κ3) is 2.73. The zero-order chi connectivity index (χ0) is 14.8. The Morgan fingerprint density at radius 2 is 1.90 bits per heavy atom. The Morgan fingerprint density at radius 1 is 1.14 bits per heavy atom. The minimum absolute atomic E-state index is 0.0773. The summed E-state index contributed by atoms with van der Waals surface area (Å²) in [6.07, 6.45) is -0.740. The molecule has 0 aliphatic heterocycles. The van der Waals surface area contributed by atoms with Crippen molar-refractivity contribution < 1.29 is 14.3 Å². The number of alkyl halides is 1. The Bertz CT molecular complexity index is 840. The van der Waals surface area contributed by atoms with Gasteiger partial charge in [-0.15, -0.1) is 11.6 Å². The number of aliphatic hydroxyl groups is 1. The van der Waals surface area contributed by atoms with Crippen molar-refractivity contribution in [3.8, 4) is 5.75 Å². The van der Waals surface area contributed by atoms with Gasteiger partial charge in [-0.25, -0.2) is 0 Å². The highest BCUT2D eigenvalue weighted by Crippen LogP contribution is 2.22. The lowest BCUT2D eigenvalue weighted by molar-refractivity contribution is 0.125. The molecule has 1 aromatic heterocycles. The van der Waals surface area contributed by atoms with Gasteiger partial charge in [0, 0.05) is 0 Å². The maximum Gasteiger partial charge on any atom is 0.200 e. The molecule has 4 nitrogen and oxygen atoms in total. The Labute approximate surface area is 125 Å². The van der Waals surface area contributed by atoms with Crippen LogP contribution in [0.3, 0.4) is 0 Å². The number of fused-ring (bicyclic) bond motifs is 2. The first-order valence-corrected chi connectivity index (χ1v) is 7.05. The molecule has 1 N–H and O–H groups in total. The second-order valence-electron chi connectivity index (χ2n) is 4.70. The topological polar surface area (TPSA) is 59.7 Å². The van der Waals surface area contributed by atoms with Crippen LogP contribution in [-0.2, 0) is 0 Å². The van der Waals surface area contributed by atoms with Crippen LogP contribution in [0.1, 0.15) is 0 Å². The van der Waals surface area contributed by atoms with E-state index in [-0.39, 0.29) is 17.9 Å². The zero-order valence-corrected chi connectivity index (χ0v) is 11.8. The molecule has 0 bridgehead atoms. The van der Waals surface area contributed by atoms with Crippen LogP contribution in [0.5, 0.6) is 5.75 Å². The molecule has 0 spiro atoms. The predicted molar refractivity (Wildman–Crippen MR) is 82.2 cm³/mol. The summed E-state index contributed by atoms with van der Waals surface area (Å²) >= 11 is 5.51. The summed E-state index contributed by atoms with van der Waals surface area (Å²) in [7, 11) is 0. The number of rotatable bonds is 4. The van der Waals surface area contributed by atoms with Crippen LogP contribution in [0.25, 0.3) is 21.9 Å². The number of para-hydroxylation sites is 1. The average molecular weight is 305 g/mol. The number of benzene rings is 2. The van der Waals surface area contributed by atoms with Gasteiger partial charge in [0.1, 0.15) is 29.6 Å². The van der Waals surface area contributed by atoms with Gasteiger partial charge in [0.05, 0.1) is 16.7 Å². The maximum absolute atomic E-state index is 12.4. The van der Waals surface area contributed by atoms with Gasteiger partial charge in [-0.3, -0.25) is 4.79 Å². The fourth-order valence-electron chi connectivity index (χ4n) is 2.11. The first kappa shape index (κ1) is 13.9. The molecule has 1 atom stereocenters. The number of aliphatic hydroxyl groups excluding tert-OH is 1. The summed E-state index contributed by atoms with van der Waals surface area (Å²) < 4.78 is 11.1. The number of hydrogen-bond acceptors (Lipinski definition) is 4. The Kier molecular flexibility index (Phi) is 3.82. The van der Waals surface area contributed by atoms with E-state index in [9.17, 15) is 9.90 Å². The molecule has 0 fully saturated rings. The van der Waals surface area contributed by atoms with Gasteiger partial charge in [0.15, 0.2) is 0 Å². The lowest BCUT2D eigenvalue weighted by atomic mass is 10.1. The molecule has 1 heterocycles. The molecule has 3 rings (SSSR count). The van der Waals surface area contributed by atoms with Crippen molar-refractivity contribution in [2.24, 2.45) is 0 Å². The van der Waals surface area contributed by atoms with Crippen molar-refractivity contribution in [3.63, 3.8) is 0 Å². The van der Waals surface area contributed by atoms with Gasteiger partial charge >= 0.3 is 0 Å². The van der Waals surface area contributed by atoms with E-state index in [1.807, 2.05) is 6.07 Å². The second-order valence-corrected chi connectivity index (χ2v) is 5.01. The average Bonchev–Trinajstić information content (AvgIpc) is 2.53. The van der Waals surface area contributed by atoms with Crippen LogP contribution >= 0.6 is 11.6 Å². The molecular weight excluding hydrogens is 292 g/mol. The number of hydrogen-bond donors (Lipinski definition) is 1. The molecule has 0 amide bonds. The van der Waals surface area contributed by atoms with Gasteiger partial charge in [0.25, 0.3) is 0 Å². The van der Waals surface area contributed by atoms with E-state index >= 15 is 0 Å². The summed E-state index contributed by atoms with van der Waals surface area (Å²) in [5.74, 6) is 0.592. The van der Waals surface area contributed by atoms with Crippen molar-refractivity contribution in [1.82, 2.24) is 0 Å². The molecule has 0 aliphatic carbocycles. The quantitative estimate of drug-likeness (QED) is 0.595. The zero-order valence-electron chi connectivity index (χ0n) is 11.1. The van der Waals surface area contributed by atoms with Crippen molar-refractivity contribution in [2.75, 3.05) is 12.5 Å². The number of ether oxygens (including phenoxy) is 1. The molecule has 0 aliphatic rings. The highest BCUT2D eigenvalue weighted by molar-refractivity contribution is 6.18. The van der Waals surface area contributed by atoms with E-state index in [1.165, 1.54) is 0 Å². The van der Waals surface area contributed by atoms with Gasteiger partial charge < -0.3 is 14.3 Å². The van der Waals surface area contributed by atoms with E-state index in [2.05, 4.69) is 0 Å². The normalized spacial score (nSPS) is 12.7. The summed E-state index contributed by atoms with van der Waals surface area (Å²) in [6, 6.07) is 12.1.